The van der Waals surface area contributed by atoms with Gasteiger partial charge in [0.2, 0.25) is 5.91 Å². The Morgan fingerprint density at radius 2 is 2.00 bits per heavy atom. The molecule has 0 bridgehead atoms. The zero-order valence-corrected chi connectivity index (χ0v) is 12.7. The van der Waals surface area contributed by atoms with Gasteiger partial charge in [-0.25, -0.2) is 0 Å². The van der Waals surface area contributed by atoms with E-state index < -0.39 is 0 Å². The second-order valence-electron chi connectivity index (χ2n) is 6.25. The van der Waals surface area contributed by atoms with Crippen LogP contribution in [0.5, 0.6) is 0 Å². The highest BCUT2D eigenvalue weighted by molar-refractivity contribution is 5.93. The van der Waals surface area contributed by atoms with Crippen molar-refractivity contribution in [2.75, 3.05) is 11.9 Å². The molecule has 0 fully saturated rings. The van der Waals surface area contributed by atoms with Gasteiger partial charge in [0.15, 0.2) is 0 Å². The van der Waals surface area contributed by atoms with Crippen molar-refractivity contribution in [2.45, 2.75) is 46.5 Å². The first-order valence-corrected chi connectivity index (χ1v) is 6.87. The van der Waals surface area contributed by atoms with Gasteiger partial charge in [0.05, 0.1) is 0 Å². The van der Waals surface area contributed by atoms with E-state index in [0.29, 0.717) is 13.0 Å². The highest BCUT2D eigenvalue weighted by atomic mass is 16.1. The summed E-state index contributed by atoms with van der Waals surface area (Å²) in [6.07, 6.45) is 0.712. The minimum Gasteiger partial charge on any atom is -0.330 e. The Balaban J connectivity index is 2.92. The fraction of sp³-hybridized carbons (Fsp3) is 0.562. The number of benzene rings is 1. The van der Waals surface area contributed by atoms with Gasteiger partial charge in [-0.2, -0.15) is 0 Å². The molecule has 1 aromatic carbocycles. The molecule has 1 rings (SSSR count). The van der Waals surface area contributed by atoms with E-state index in [1.807, 2.05) is 13.8 Å². The molecule has 0 aromatic heterocycles. The molecule has 1 aromatic rings. The average Bonchev–Trinajstić information content (AvgIpc) is 2.30. The minimum atomic E-state index is -0.0531. The molecule has 0 aliphatic rings. The van der Waals surface area contributed by atoms with Crippen molar-refractivity contribution < 1.29 is 4.79 Å². The van der Waals surface area contributed by atoms with Crippen molar-refractivity contribution in [1.82, 2.24) is 0 Å². The molecule has 19 heavy (non-hydrogen) atoms. The van der Waals surface area contributed by atoms with Gasteiger partial charge < -0.3 is 11.1 Å². The van der Waals surface area contributed by atoms with Gasteiger partial charge in [-0.05, 0) is 42.5 Å². The van der Waals surface area contributed by atoms with E-state index in [-0.39, 0.29) is 17.2 Å². The van der Waals surface area contributed by atoms with Gasteiger partial charge >= 0.3 is 0 Å². The van der Waals surface area contributed by atoms with Crippen LogP contribution in [0.1, 0.15) is 45.2 Å². The van der Waals surface area contributed by atoms with E-state index >= 15 is 0 Å². The van der Waals surface area contributed by atoms with Crippen LogP contribution in [0.25, 0.3) is 0 Å². The summed E-state index contributed by atoms with van der Waals surface area (Å²) in [6, 6.07) is 6.25. The molecule has 0 saturated heterocycles. The Hall–Kier alpha value is -1.35. The summed E-state index contributed by atoms with van der Waals surface area (Å²) in [6.45, 7) is 11.0. The zero-order chi connectivity index (χ0) is 14.6. The molecule has 0 aliphatic heterocycles. The van der Waals surface area contributed by atoms with Crippen LogP contribution in [0.4, 0.5) is 5.69 Å². The van der Waals surface area contributed by atoms with Crippen LogP contribution in [-0.2, 0) is 10.2 Å². The molecule has 0 spiro atoms. The van der Waals surface area contributed by atoms with Crippen molar-refractivity contribution in [3.63, 3.8) is 0 Å². The zero-order valence-electron chi connectivity index (χ0n) is 12.7. The molecule has 3 nitrogen and oxygen atoms in total. The van der Waals surface area contributed by atoms with Crippen LogP contribution < -0.4 is 11.1 Å². The molecular weight excluding hydrogens is 236 g/mol. The van der Waals surface area contributed by atoms with E-state index in [9.17, 15) is 4.79 Å². The Morgan fingerprint density at radius 1 is 1.37 bits per heavy atom. The predicted octanol–water partition coefficient (Wildman–Crippen LogP) is 3.22. The van der Waals surface area contributed by atoms with E-state index in [1.165, 1.54) is 5.56 Å². The third kappa shape index (κ3) is 4.35. The van der Waals surface area contributed by atoms with Crippen LogP contribution in [0.2, 0.25) is 0 Å². The summed E-state index contributed by atoms with van der Waals surface area (Å²) in [4.78, 5) is 12.0. The number of carbonyl (C=O) groups is 1. The number of hydrogen-bond donors (Lipinski definition) is 2. The summed E-state index contributed by atoms with van der Waals surface area (Å²) in [5, 5.41) is 3.01. The lowest BCUT2D eigenvalue weighted by molar-refractivity contribution is -0.119. The van der Waals surface area contributed by atoms with Crippen LogP contribution in [-0.4, -0.2) is 12.5 Å². The number of nitrogens with one attached hydrogen (secondary N) is 1. The minimum absolute atomic E-state index is 0.0413. The van der Waals surface area contributed by atoms with Crippen molar-refractivity contribution in [3.8, 4) is 0 Å². The number of carbonyl (C=O) groups excluding carboxylic acids is 1. The Labute approximate surface area is 116 Å². The maximum absolute atomic E-state index is 12.0. The lowest BCUT2D eigenvalue weighted by Crippen LogP contribution is -2.23. The van der Waals surface area contributed by atoms with E-state index in [0.717, 1.165) is 11.3 Å². The van der Waals surface area contributed by atoms with Crippen molar-refractivity contribution in [2.24, 2.45) is 11.7 Å². The smallest absolute Gasteiger partial charge is 0.227 e. The summed E-state index contributed by atoms with van der Waals surface area (Å²) < 4.78 is 0. The number of rotatable bonds is 4. The highest BCUT2D eigenvalue weighted by Crippen LogP contribution is 2.27. The quantitative estimate of drug-likeness (QED) is 0.875. The molecule has 0 radical (unpaired) electrons. The van der Waals surface area contributed by atoms with Gasteiger partial charge in [-0.3, -0.25) is 4.79 Å². The van der Waals surface area contributed by atoms with Gasteiger partial charge in [0, 0.05) is 11.6 Å². The average molecular weight is 262 g/mol. The second kappa shape index (κ2) is 6.20. The van der Waals surface area contributed by atoms with Gasteiger partial charge in [-0.1, -0.05) is 39.8 Å². The maximum atomic E-state index is 12.0. The molecule has 0 aliphatic carbocycles. The van der Waals surface area contributed by atoms with Crippen LogP contribution >= 0.6 is 0 Å². The van der Waals surface area contributed by atoms with Gasteiger partial charge in [0.1, 0.15) is 0 Å². The van der Waals surface area contributed by atoms with Crippen molar-refractivity contribution in [1.29, 1.82) is 0 Å². The Bertz CT molecular complexity index is 447. The number of amides is 1. The predicted molar refractivity (Wildman–Crippen MR) is 81.3 cm³/mol. The molecule has 106 valence electrons. The Morgan fingerprint density at radius 3 is 2.53 bits per heavy atom. The molecule has 1 amide bonds. The van der Waals surface area contributed by atoms with Gasteiger partial charge in [0.25, 0.3) is 0 Å². The van der Waals surface area contributed by atoms with Crippen molar-refractivity contribution >= 4 is 11.6 Å². The third-order valence-corrected chi connectivity index (χ3v) is 3.41. The first-order chi connectivity index (χ1) is 8.75. The largest absolute Gasteiger partial charge is 0.330 e. The van der Waals surface area contributed by atoms with E-state index in [1.54, 1.807) is 0 Å². The van der Waals surface area contributed by atoms with Gasteiger partial charge in [-0.15, -0.1) is 0 Å². The maximum Gasteiger partial charge on any atom is 0.227 e. The van der Waals surface area contributed by atoms with Crippen LogP contribution in [0.3, 0.4) is 0 Å². The monoisotopic (exact) mass is 262 g/mol. The van der Waals surface area contributed by atoms with Crippen molar-refractivity contribution in [3.05, 3.63) is 29.3 Å². The molecule has 0 saturated carbocycles. The standard InChI is InChI=1S/C16H26N2O/c1-11-6-7-13(16(3,4)5)10-14(11)18-15(19)12(2)8-9-17/h6-7,10,12H,8-9,17H2,1-5H3,(H,18,19). The number of aryl methyl sites for hydroxylation is 1. The van der Waals surface area contributed by atoms with E-state index in [2.05, 4.69) is 44.3 Å². The fourth-order valence-corrected chi connectivity index (χ4v) is 1.86. The van der Waals surface area contributed by atoms with Crippen LogP contribution in [0.15, 0.2) is 18.2 Å². The molecule has 1 unspecified atom stereocenters. The first kappa shape index (κ1) is 15.7. The topological polar surface area (TPSA) is 55.1 Å². The van der Waals surface area contributed by atoms with E-state index in [4.69, 9.17) is 5.73 Å². The molecular formula is C16H26N2O. The molecule has 1 atom stereocenters. The third-order valence-electron chi connectivity index (χ3n) is 3.41. The van der Waals surface area contributed by atoms with Crippen LogP contribution in [0, 0.1) is 12.8 Å². The number of anilines is 1. The molecule has 3 N–H and O–H groups in total. The summed E-state index contributed by atoms with van der Waals surface area (Å²) in [5.74, 6) is -0.0118. The number of nitrogens with two attached hydrogens (primary N) is 1. The summed E-state index contributed by atoms with van der Waals surface area (Å²) in [5.41, 5.74) is 8.78. The summed E-state index contributed by atoms with van der Waals surface area (Å²) in [7, 11) is 0. The lowest BCUT2D eigenvalue weighted by atomic mass is 9.86. The number of hydrogen-bond acceptors (Lipinski definition) is 2. The normalized spacial score (nSPS) is 13.2. The second-order valence-corrected chi connectivity index (χ2v) is 6.25. The summed E-state index contributed by atoms with van der Waals surface area (Å²) >= 11 is 0. The first-order valence-electron chi connectivity index (χ1n) is 6.87. The molecule has 0 heterocycles. The fourth-order valence-electron chi connectivity index (χ4n) is 1.86. The highest BCUT2D eigenvalue weighted by Gasteiger charge is 2.17. The SMILES string of the molecule is Cc1ccc(C(C)(C)C)cc1NC(=O)C(C)CCN. The molecule has 3 heteroatoms. The lowest BCUT2D eigenvalue weighted by Gasteiger charge is -2.21. The Kier molecular flexibility index (Phi) is 5.12.